The van der Waals surface area contributed by atoms with Crippen LogP contribution in [-0.4, -0.2) is 35.8 Å². The summed E-state index contributed by atoms with van der Waals surface area (Å²) in [5, 5.41) is 21.9. The van der Waals surface area contributed by atoms with Crippen molar-refractivity contribution in [2.45, 2.75) is 31.8 Å². The third-order valence-electron chi connectivity index (χ3n) is 2.87. The van der Waals surface area contributed by atoms with Crippen LogP contribution < -0.4 is 5.32 Å². The number of rotatable bonds is 7. The van der Waals surface area contributed by atoms with E-state index in [2.05, 4.69) is 11.4 Å². The highest BCUT2D eigenvalue weighted by atomic mass is 32.2. The van der Waals surface area contributed by atoms with Crippen LogP contribution >= 0.6 is 11.8 Å². The van der Waals surface area contributed by atoms with Crippen molar-refractivity contribution in [3.05, 3.63) is 0 Å². The Morgan fingerprint density at radius 2 is 2.27 bits per heavy atom. The molecule has 3 nitrogen and oxygen atoms in total. The van der Waals surface area contributed by atoms with Crippen LogP contribution in [0.1, 0.15) is 26.2 Å². The van der Waals surface area contributed by atoms with Gasteiger partial charge in [0.1, 0.15) is 0 Å². The zero-order chi connectivity index (χ0) is 11.4. The average molecular weight is 228 g/mol. The highest BCUT2D eigenvalue weighted by molar-refractivity contribution is 7.98. The van der Waals surface area contributed by atoms with Crippen LogP contribution in [0.5, 0.6) is 0 Å². The van der Waals surface area contributed by atoms with Crippen LogP contribution in [0.2, 0.25) is 0 Å². The second kappa shape index (κ2) is 5.20. The molecule has 0 bridgehead atoms. The molecule has 1 rings (SSSR count). The quantitative estimate of drug-likeness (QED) is 0.691. The van der Waals surface area contributed by atoms with Gasteiger partial charge in [-0.05, 0) is 31.4 Å². The van der Waals surface area contributed by atoms with Gasteiger partial charge in [0, 0.05) is 25.3 Å². The number of nitriles is 1. The molecule has 0 saturated heterocycles. The lowest BCUT2D eigenvalue weighted by Gasteiger charge is -2.24. The highest BCUT2D eigenvalue weighted by Gasteiger charge is 2.42. The molecule has 1 unspecified atom stereocenters. The minimum Gasteiger partial charge on any atom is -0.388 e. The molecule has 1 aliphatic carbocycles. The smallest absolute Gasteiger partial charge is 0.0833 e. The van der Waals surface area contributed by atoms with E-state index in [0.717, 1.165) is 25.1 Å². The molecule has 2 N–H and O–H groups in total. The van der Waals surface area contributed by atoms with Crippen LogP contribution in [-0.2, 0) is 0 Å². The topological polar surface area (TPSA) is 56.0 Å². The van der Waals surface area contributed by atoms with Crippen molar-refractivity contribution in [2.75, 3.05) is 25.1 Å². The van der Waals surface area contributed by atoms with Gasteiger partial charge in [-0.15, -0.1) is 0 Å². The summed E-state index contributed by atoms with van der Waals surface area (Å²) in [6, 6.07) is 2.24. The first kappa shape index (κ1) is 12.8. The normalized spacial score (nSPS) is 21.7. The van der Waals surface area contributed by atoms with E-state index in [4.69, 9.17) is 5.26 Å². The molecule has 0 radical (unpaired) electrons. The van der Waals surface area contributed by atoms with Crippen LogP contribution in [0, 0.1) is 16.7 Å². The standard InChI is InChI=1S/C11H20N2OS/c1-10(14,9-15-2)7-13-8-11(3-4-11)5-6-12/h13-14H,3-5,7-9H2,1-2H3. The second-order valence-corrected chi connectivity index (χ2v) is 5.73. The van der Waals surface area contributed by atoms with E-state index in [1.54, 1.807) is 11.8 Å². The molecule has 0 aromatic carbocycles. The van der Waals surface area contributed by atoms with E-state index in [1.165, 1.54) is 0 Å². The molecule has 86 valence electrons. The zero-order valence-corrected chi connectivity index (χ0v) is 10.4. The Bertz CT molecular complexity index is 243. The van der Waals surface area contributed by atoms with Gasteiger partial charge < -0.3 is 10.4 Å². The molecular formula is C11H20N2OS. The first-order valence-corrected chi connectivity index (χ1v) is 6.72. The summed E-state index contributed by atoms with van der Waals surface area (Å²) in [6.07, 6.45) is 4.94. The minimum absolute atomic E-state index is 0.226. The molecule has 1 atom stereocenters. The van der Waals surface area contributed by atoms with Crippen molar-refractivity contribution in [2.24, 2.45) is 5.41 Å². The summed E-state index contributed by atoms with van der Waals surface area (Å²) in [5.74, 6) is 0.741. The SMILES string of the molecule is CSCC(C)(O)CNCC1(CC#N)CC1. The number of hydrogen-bond acceptors (Lipinski definition) is 4. The van der Waals surface area contributed by atoms with E-state index in [1.807, 2.05) is 13.2 Å². The first-order valence-electron chi connectivity index (χ1n) is 5.33. The van der Waals surface area contributed by atoms with Crippen LogP contribution in [0.4, 0.5) is 0 Å². The number of aliphatic hydroxyl groups is 1. The Hall–Kier alpha value is -0.240. The van der Waals surface area contributed by atoms with Gasteiger partial charge in [-0.2, -0.15) is 17.0 Å². The fourth-order valence-corrected chi connectivity index (χ4v) is 2.44. The first-order chi connectivity index (χ1) is 7.04. The Balaban J connectivity index is 2.19. The maximum absolute atomic E-state index is 9.91. The summed E-state index contributed by atoms with van der Waals surface area (Å²) in [7, 11) is 0. The predicted molar refractivity (Wildman–Crippen MR) is 63.8 cm³/mol. The fraction of sp³-hybridized carbons (Fsp3) is 0.909. The summed E-state index contributed by atoms with van der Waals surface area (Å²) in [6.45, 7) is 3.33. The van der Waals surface area contributed by atoms with Gasteiger partial charge in [0.2, 0.25) is 0 Å². The summed E-state index contributed by atoms with van der Waals surface area (Å²) in [4.78, 5) is 0. The van der Waals surface area contributed by atoms with E-state index >= 15 is 0 Å². The van der Waals surface area contributed by atoms with Crippen LogP contribution in [0.3, 0.4) is 0 Å². The summed E-state index contributed by atoms with van der Waals surface area (Å²) >= 11 is 1.65. The maximum Gasteiger partial charge on any atom is 0.0833 e. The Kier molecular flexibility index (Phi) is 4.45. The Labute approximate surface area is 96.2 Å². The van der Waals surface area contributed by atoms with Gasteiger partial charge in [-0.3, -0.25) is 0 Å². The third kappa shape index (κ3) is 4.42. The Morgan fingerprint density at radius 3 is 2.73 bits per heavy atom. The maximum atomic E-state index is 9.91. The number of nitrogens with zero attached hydrogens (tertiary/aromatic N) is 1. The molecular weight excluding hydrogens is 208 g/mol. The Morgan fingerprint density at radius 1 is 1.60 bits per heavy atom. The van der Waals surface area contributed by atoms with Gasteiger partial charge in [0.05, 0.1) is 11.7 Å². The lowest BCUT2D eigenvalue weighted by Crippen LogP contribution is -2.41. The van der Waals surface area contributed by atoms with Crippen molar-refractivity contribution >= 4 is 11.8 Å². The fourth-order valence-electron chi connectivity index (χ4n) is 1.72. The number of nitrogens with one attached hydrogen (secondary N) is 1. The molecule has 4 heteroatoms. The van der Waals surface area contributed by atoms with Crippen molar-refractivity contribution in [1.82, 2.24) is 5.32 Å². The van der Waals surface area contributed by atoms with E-state index < -0.39 is 5.60 Å². The molecule has 0 aromatic rings. The van der Waals surface area contributed by atoms with Crippen LogP contribution in [0.15, 0.2) is 0 Å². The van der Waals surface area contributed by atoms with Gasteiger partial charge in [-0.25, -0.2) is 0 Å². The van der Waals surface area contributed by atoms with Crippen molar-refractivity contribution in [3.63, 3.8) is 0 Å². The largest absolute Gasteiger partial charge is 0.388 e. The van der Waals surface area contributed by atoms with Crippen molar-refractivity contribution < 1.29 is 5.11 Å². The number of thioether (sulfide) groups is 1. The average Bonchev–Trinajstić information content (AvgIpc) is 2.85. The molecule has 0 heterocycles. The molecule has 0 spiro atoms. The van der Waals surface area contributed by atoms with Gasteiger partial charge in [-0.1, -0.05) is 0 Å². The lowest BCUT2D eigenvalue weighted by molar-refractivity contribution is 0.0834. The molecule has 0 amide bonds. The molecule has 1 aliphatic rings. The monoisotopic (exact) mass is 228 g/mol. The molecule has 0 aromatic heterocycles. The number of hydrogen-bond donors (Lipinski definition) is 2. The van der Waals surface area contributed by atoms with E-state index in [9.17, 15) is 5.11 Å². The van der Waals surface area contributed by atoms with Crippen molar-refractivity contribution in [3.8, 4) is 6.07 Å². The lowest BCUT2D eigenvalue weighted by atomic mass is 10.0. The summed E-state index contributed by atoms with van der Waals surface area (Å²) in [5.41, 5.74) is -0.410. The van der Waals surface area contributed by atoms with E-state index in [-0.39, 0.29) is 5.41 Å². The molecule has 1 fully saturated rings. The van der Waals surface area contributed by atoms with Crippen LogP contribution in [0.25, 0.3) is 0 Å². The van der Waals surface area contributed by atoms with Crippen molar-refractivity contribution in [1.29, 1.82) is 5.26 Å². The molecule has 0 aliphatic heterocycles. The third-order valence-corrected chi connectivity index (χ3v) is 3.78. The van der Waals surface area contributed by atoms with Gasteiger partial charge in [0.25, 0.3) is 0 Å². The zero-order valence-electron chi connectivity index (χ0n) is 9.55. The van der Waals surface area contributed by atoms with Gasteiger partial charge >= 0.3 is 0 Å². The second-order valence-electron chi connectivity index (χ2n) is 4.87. The predicted octanol–water partition coefficient (Wildman–Crippen LogP) is 1.38. The van der Waals surface area contributed by atoms with Gasteiger partial charge in [0.15, 0.2) is 0 Å². The van der Waals surface area contributed by atoms with E-state index in [0.29, 0.717) is 13.0 Å². The minimum atomic E-state index is -0.637. The highest BCUT2D eigenvalue weighted by Crippen LogP contribution is 2.47. The molecule has 1 saturated carbocycles. The summed E-state index contributed by atoms with van der Waals surface area (Å²) < 4.78 is 0. The molecule has 15 heavy (non-hydrogen) atoms.